The van der Waals surface area contributed by atoms with Crippen LogP contribution in [0.3, 0.4) is 0 Å². The molecule has 0 unspecified atom stereocenters. The zero-order chi connectivity index (χ0) is 32.3. The first-order valence-corrected chi connectivity index (χ1v) is 18.9. The van der Waals surface area contributed by atoms with Crippen molar-refractivity contribution >= 4 is 30.3 Å². The van der Waals surface area contributed by atoms with Crippen LogP contribution in [0.5, 0.6) is 0 Å². The van der Waals surface area contributed by atoms with E-state index in [-0.39, 0.29) is 27.7 Å². The van der Waals surface area contributed by atoms with E-state index in [2.05, 4.69) is 25.5 Å². The zero-order valence-electron chi connectivity index (χ0n) is 25.9. The number of ether oxygens (including phenoxy) is 2. The monoisotopic (exact) mass is 639 g/mol. The summed E-state index contributed by atoms with van der Waals surface area (Å²) in [6.45, 7) is 12.1. The molecule has 3 aromatic carbocycles. The minimum absolute atomic E-state index is 0.00178. The van der Waals surface area contributed by atoms with Crippen LogP contribution in [-0.2, 0) is 23.9 Å². The van der Waals surface area contributed by atoms with Crippen molar-refractivity contribution in [2.75, 3.05) is 6.61 Å². The molecule has 0 bridgehead atoms. The van der Waals surface area contributed by atoms with E-state index in [4.69, 9.17) is 13.9 Å². The lowest BCUT2D eigenvalue weighted by atomic mass is 10.0. The molecule has 44 heavy (non-hydrogen) atoms. The Kier molecular flexibility index (Phi) is 10.2. The predicted octanol–water partition coefficient (Wildman–Crippen LogP) is 5.11. The molecule has 0 aliphatic heterocycles. The van der Waals surface area contributed by atoms with Gasteiger partial charge in [-0.25, -0.2) is 22.7 Å². The van der Waals surface area contributed by atoms with Crippen molar-refractivity contribution in [3.8, 4) is 0 Å². The van der Waals surface area contributed by atoms with Gasteiger partial charge in [-0.15, -0.1) is 0 Å². The van der Waals surface area contributed by atoms with Crippen molar-refractivity contribution in [3.63, 3.8) is 0 Å². The van der Waals surface area contributed by atoms with Gasteiger partial charge in [0.25, 0.3) is 0 Å². The van der Waals surface area contributed by atoms with Crippen LogP contribution in [-0.4, -0.2) is 64.7 Å². The summed E-state index contributed by atoms with van der Waals surface area (Å²) in [7, 11) is -6.55. The predicted molar refractivity (Wildman–Crippen MR) is 169 cm³/mol. The van der Waals surface area contributed by atoms with E-state index in [0.717, 1.165) is 5.56 Å². The first-order chi connectivity index (χ1) is 20.6. The summed E-state index contributed by atoms with van der Waals surface area (Å²) in [6, 6.07) is 21.6. The first kappa shape index (κ1) is 33.5. The lowest BCUT2D eigenvalue weighted by molar-refractivity contribution is -0.0627. The number of aryl methyl sites for hydroxylation is 1. The second kappa shape index (κ2) is 13.3. The van der Waals surface area contributed by atoms with E-state index in [1.807, 2.05) is 20.0 Å². The zero-order valence-corrected chi connectivity index (χ0v) is 27.7. The molecule has 3 aromatic rings. The smallest absolute Gasteiger partial charge is 0.338 e. The Morgan fingerprint density at radius 1 is 0.818 bits per heavy atom. The maximum atomic E-state index is 13.6. The summed E-state index contributed by atoms with van der Waals surface area (Å²) < 4.78 is 48.1. The van der Waals surface area contributed by atoms with Crippen LogP contribution in [0.4, 0.5) is 0 Å². The highest BCUT2D eigenvalue weighted by Gasteiger charge is 2.56. The van der Waals surface area contributed by atoms with E-state index in [1.54, 1.807) is 72.8 Å². The van der Waals surface area contributed by atoms with Gasteiger partial charge in [0.2, 0.25) is 10.0 Å². The number of hydrogen-bond donors (Lipinski definition) is 2. The molecule has 4 rings (SSSR count). The van der Waals surface area contributed by atoms with Gasteiger partial charge in [0, 0.05) is 12.5 Å². The topological polar surface area (TPSA) is 128 Å². The van der Waals surface area contributed by atoms with Crippen LogP contribution >= 0.6 is 0 Å². The molecular weight excluding hydrogens is 599 g/mol. The lowest BCUT2D eigenvalue weighted by Gasteiger charge is -2.38. The van der Waals surface area contributed by atoms with Crippen LogP contribution in [0.15, 0.2) is 89.8 Å². The molecule has 0 radical (unpaired) electrons. The maximum Gasteiger partial charge on any atom is 0.338 e. The van der Waals surface area contributed by atoms with Gasteiger partial charge >= 0.3 is 11.9 Å². The van der Waals surface area contributed by atoms with Gasteiger partial charge in [-0.3, -0.25) is 0 Å². The standard InChI is InChI=1S/C33H41NO8SSi/c1-22-17-19-25(20-18-22)43(38,39)34-27-26(21-40-44(5,6)33(2,3)4)29(41-31(36)23-13-9-7-10-14-23)30(28(27)35)42-32(37)24-15-11-8-12-16-24/h7-20,26-30,34-35H,21H2,1-6H3/t26-,27-,28-,29+,30+/m0/s1. The number of aliphatic hydroxyl groups is 1. The van der Waals surface area contributed by atoms with E-state index in [0.29, 0.717) is 0 Å². The number of esters is 2. The molecule has 236 valence electrons. The maximum absolute atomic E-state index is 13.6. The van der Waals surface area contributed by atoms with Crippen LogP contribution < -0.4 is 4.72 Å². The highest BCUT2D eigenvalue weighted by Crippen LogP contribution is 2.40. The van der Waals surface area contributed by atoms with Gasteiger partial charge in [0.05, 0.1) is 22.1 Å². The van der Waals surface area contributed by atoms with Crippen LogP contribution in [0.25, 0.3) is 0 Å². The Bertz CT molecular complexity index is 1540. The molecular formula is C33H41NO8SSi. The van der Waals surface area contributed by atoms with Crippen LogP contribution in [0.1, 0.15) is 47.1 Å². The number of nitrogens with one attached hydrogen (secondary N) is 1. The Morgan fingerprint density at radius 2 is 1.30 bits per heavy atom. The second-order valence-corrected chi connectivity index (χ2v) is 19.2. The van der Waals surface area contributed by atoms with Crippen LogP contribution in [0.2, 0.25) is 18.1 Å². The molecule has 5 atom stereocenters. The quantitative estimate of drug-likeness (QED) is 0.232. The highest BCUT2D eigenvalue weighted by molar-refractivity contribution is 7.89. The third-order valence-corrected chi connectivity index (χ3v) is 14.5. The molecule has 1 fully saturated rings. The van der Waals surface area contributed by atoms with Gasteiger partial charge in [0.15, 0.2) is 14.4 Å². The van der Waals surface area contributed by atoms with Gasteiger partial charge < -0.3 is 19.0 Å². The number of benzene rings is 3. The number of sulfonamides is 1. The summed E-state index contributed by atoms with van der Waals surface area (Å²) in [4.78, 5) is 26.6. The fourth-order valence-corrected chi connectivity index (χ4v) is 7.11. The van der Waals surface area contributed by atoms with Crippen molar-refractivity contribution < 1.29 is 37.0 Å². The van der Waals surface area contributed by atoms with E-state index < -0.39 is 60.6 Å². The Balaban J connectivity index is 1.75. The summed E-state index contributed by atoms with van der Waals surface area (Å²) in [5, 5.41) is 11.5. The molecule has 0 amide bonds. The Hall–Kier alpha value is -3.35. The molecule has 1 aliphatic rings. The number of hydrogen-bond acceptors (Lipinski definition) is 8. The van der Waals surface area contributed by atoms with Gasteiger partial charge in [0.1, 0.15) is 12.2 Å². The number of rotatable bonds is 10. The van der Waals surface area contributed by atoms with Crippen molar-refractivity contribution in [2.45, 2.75) is 75.1 Å². The summed E-state index contributed by atoms with van der Waals surface area (Å²) in [6.07, 6.45) is -4.19. The molecule has 0 spiro atoms. The van der Waals surface area contributed by atoms with Gasteiger partial charge in [-0.05, 0) is 61.5 Å². The second-order valence-electron chi connectivity index (χ2n) is 12.7. The molecule has 0 aromatic heterocycles. The molecule has 11 heteroatoms. The third kappa shape index (κ3) is 7.64. The number of carbonyl (C=O) groups excluding carboxylic acids is 2. The fourth-order valence-electron chi connectivity index (χ4n) is 4.76. The van der Waals surface area contributed by atoms with E-state index in [9.17, 15) is 23.1 Å². The highest BCUT2D eigenvalue weighted by atomic mass is 32.2. The average molecular weight is 640 g/mol. The molecule has 2 N–H and O–H groups in total. The van der Waals surface area contributed by atoms with Crippen molar-refractivity contribution in [1.29, 1.82) is 0 Å². The minimum atomic E-state index is -4.15. The summed E-state index contributed by atoms with van der Waals surface area (Å²) in [5.41, 5.74) is 1.36. The Morgan fingerprint density at radius 3 is 1.77 bits per heavy atom. The fraction of sp³-hybridized carbons (Fsp3) is 0.394. The Labute approximate surface area is 260 Å². The largest absolute Gasteiger partial charge is 0.454 e. The molecule has 9 nitrogen and oxygen atoms in total. The SMILES string of the molecule is Cc1ccc(S(=O)(=O)N[C@@H]2[C@H](O)[C@@H](OC(=O)c3ccccc3)[C@H](OC(=O)c3ccccc3)[C@H]2CO[Si](C)(C)C(C)(C)C)cc1. The average Bonchev–Trinajstić information content (AvgIpc) is 3.20. The van der Waals surface area contributed by atoms with E-state index >= 15 is 0 Å². The number of carbonyl (C=O) groups is 2. The van der Waals surface area contributed by atoms with Crippen molar-refractivity contribution in [2.24, 2.45) is 5.92 Å². The van der Waals surface area contributed by atoms with Crippen LogP contribution in [0, 0.1) is 12.8 Å². The summed E-state index contributed by atoms with van der Waals surface area (Å²) in [5.74, 6) is -2.36. The normalized spacial score (nSPS) is 22.4. The first-order valence-electron chi connectivity index (χ1n) is 14.5. The molecule has 0 saturated heterocycles. The van der Waals surface area contributed by atoms with Gasteiger partial charge in [-0.2, -0.15) is 0 Å². The number of aliphatic hydroxyl groups excluding tert-OH is 1. The third-order valence-electron chi connectivity index (χ3n) is 8.48. The van der Waals surface area contributed by atoms with Crippen molar-refractivity contribution in [3.05, 3.63) is 102 Å². The van der Waals surface area contributed by atoms with E-state index in [1.165, 1.54) is 12.1 Å². The van der Waals surface area contributed by atoms with Gasteiger partial charge in [-0.1, -0.05) is 74.9 Å². The molecule has 0 heterocycles. The summed E-state index contributed by atoms with van der Waals surface area (Å²) >= 11 is 0. The minimum Gasteiger partial charge on any atom is -0.454 e. The lowest BCUT2D eigenvalue weighted by Crippen LogP contribution is -2.49. The molecule has 1 aliphatic carbocycles. The van der Waals surface area contributed by atoms with Crippen molar-refractivity contribution in [1.82, 2.24) is 4.72 Å². The molecule has 1 saturated carbocycles.